The molecule has 2 aliphatic heterocycles. The molecule has 7 nitrogen and oxygen atoms in total. The molecule has 3 aliphatic rings. The van der Waals surface area contributed by atoms with Crippen LogP contribution >= 0.6 is 0 Å². The SMILES string of the molecule is CCC(C)C1=CCC(C)CC(=Nc2ccc(Cc3c[nH]c4c3C(=NC3CCCS(=O)(=O)C3)NC=C(C)CC4)c(F)n2)C=C1. The molecule has 1 aliphatic carbocycles. The average molecular weight is 606 g/mol. The summed E-state index contributed by atoms with van der Waals surface area (Å²) in [5, 5.41) is 3.35. The number of aromatic amines is 1. The van der Waals surface area contributed by atoms with E-state index in [4.69, 9.17) is 9.98 Å². The summed E-state index contributed by atoms with van der Waals surface area (Å²) in [5.41, 5.74) is 6.70. The molecule has 2 aromatic heterocycles. The lowest BCUT2D eigenvalue weighted by Gasteiger charge is -2.21. The van der Waals surface area contributed by atoms with Crippen LogP contribution in [0.15, 0.2) is 63.9 Å². The molecule has 43 heavy (non-hydrogen) atoms. The quantitative estimate of drug-likeness (QED) is 0.349. The number of fused-ring (bicyclic) bond motifs is 1. The second kappa shape index (κ2) is 13.5. The van der Waals surface area contributed by atoms with E-state index in [1.54, 1.807) is 12.1 Å². The van der Waals surface area contributed by atoms with E-state index in [9.17, 15) is 8.42 Å². The van der Waals surface area contributed by atoms with E-state index in [1.807, 2.05) is 12.4 Å². The summed E-state index contributed by atoms with van der Waals surface area (Å²) < 4.78 is 40.1. The number of aryl methyl sites for hydroxylation is 1. The molecule has 0 spiro atoms. The van der Waals surface area contributed by atoms with Crippen molar-refractivity contribution >= 4 is 27.2 Å². The van der Waals surface area contributed by atoms with E-state index in [2.05, 4.69) is 61.2 Å². The van der Waals surface area contributed by atoms with Crippen LogP contribution in [-0.4, -0.2) is 47.5 Å². The van der Waals surface area contributed by atoms with E-state index in [0.717, 1.165) is 61.1 Å². The van der Waals surface area contributed by atoms with E-state index < -0.39 is 15.8 Å². The van der Waals surface area contributed by atoms with Gasteiger partial charge in [0.05, 0.1) is 17.5 Å². The maximum absolute atomic E-state index is 15.5. The van der Waals surface area contributed by atoms with Gasteiger partial charge in [-0.2, -0.15) is 4.39 Å². The van der Waals surface area contributed by atoms with Crippen LogP contribution in [0, 0.1) is 17.8 Å². The molecule has 9 heteroatoms. The van der Waals surface area contributed by atoms with Crippen LogP contribution in [0.3, 0.4) is 0 Å². The molecule has 2 N–H and O–H groups in total. The molecule has 0 bridgehead atoms. The molecule has 3 unspecified atom stereocenters. The van der Waals surface area contributed by atoms with Crippen LogP contribution in [0.25, 0.3) is 0 Å². The Hall–Kier alpha value is -3.33. The fourth-order valence-corrected chi connectivity index (χ4v) is 7.58. The van der Waals surface area contributed by atoms with Gasteiger partial charge in [0.2, 0.25) is 5.95 Å². The van der Waals surface area contributed by atoms with Gasteiger partial charge in [-0.15, -0.1) is 0 Å². The van der Waals surface area contributed by atoms with Gasteiger partial charge in [0.15, 0.2) is 15.7 Å². The number of H-pyrrole nitrogens is 1. The molecule has 0 aromatic carbocycles. The molecule has 5 rings (SSSR count). The molecule has 4 heterocycles. The molecule has 0 radical (unpaired) electrons. The van der Waals surface area contributed by atoms with E-state index >= 15 is 4.39 Å². The second-order valence-electron chi connectivity index (χ2n) is 12.5. The van der Waals surface area contributed by atoms with Gasteiger partial charge in [-0.1, -0.05) is 44.6 Å². The third-order valence-electron chi connectivity index (χ3n) is 8.77. The van der Waals surface area contributed by atoms with Gasteiger partial charge in [0.1, 0.15) is 5.84 Å². The van der Waals surface area contributed by atoms with Gasteiger partial charge in [-0.3, -0.25) is 4.99 Å². The number of nitrogens with one attached hydrogen (secondary N) is 2. The van der Waals surface area contributed by atoms with Crippen molar-refractivity contribution in [2.24, 2.45) is 21.8 Å². The van der Waals surface area contributed by atoms with Gasteiger partial charge in [-0.25, -0.2) is 18.4 Å². The molecule has 2 aromatic rings. The number of aromatic nitrogens is 2. The van der Waals surface area contributed by atoms with Crippen molar-refractivity contribution in [3.63, 3.8) is 0 Å². The Balaban J connectivity index is 1.41. The zero-order chi connectivity index (χ0) is 30.6. The van der Waals surface area contributed by atoms with Crippen molar-refractivity contribution in [3.8, 4) is 0 Å². The molecule has 1 saturated heterocycles. The Bertz CT molecular complexity index is 1600. The lowest BCUT2D eigenvalue weighted by atomic mass is 9.90. The van der Waals surface area contributed by atoms with Crippen molar-refractivity contribution in [1.29, 1.82) is 0 Å². The van der Waals surface area contributed by atoms with Gasteiger partial charge in [0.25, 0.3) is 0 Å². The topological polar surface area (TPSA) is 99.6 Å². The highest BCUT2D eigenvalue weighted by atomic mass is 32.2. The number of halogens is 1. The smallest absolute Gasteiger partial charge is 0.218 e. The Labute approximate surface area is 255 Å². The molecular weight excluding hydrogens is 561 g/mol. The number of nitrogens with zero attached hydrogens (tertiary/aromatic N) is 3. The van der Waals surface area contributed by atoms with Crippen molar-refractivity contribution in [2.75, 3.05) is 11.5 Å². The minimum absolute atomic E-state index is 0.0572. The summed E-state index contributed by atoms with van der Waals surface area (Å²) in [4.78, 5) is 17.3. The third kappa shape index (κ3) is 7.99. The lowest BCUT2D eigenvalue weighted by molar-refractivity contribution is 0.552. The van der Waals surface area contributed by atoms with Crippen LogP contribution in [0.1, 0.15) is 88.6 Å². The Kier molecular flexibility index (Phi) is 9.79. The minimum Gasteiger partial charge on any atom is -0.364 e. The highest BCUT2D eigenvalue weighted by molar-refractivity contribution is 7.91. The Morgan fingerprint density at radius 2 is 2.02 bits per heavy atom. The van der Waals surface area contributed by atoms with Crippen LogP contribution in [0.4, 0.5) is 10.2 Å². The summed E-state index contributed by atoms with van der Waals surface area (Å²) >= 11 is 0. The molecule has 1 fully saturated rings. The van der Waals surface area contributed by atoms with E-state index in [-0.39, 0.29) is 17.5 Å². The normalized spacial score (nSPS) is 25.0. The number of hydrogen-bond acceptors (Lipinski definition) is 5. The largest absolute Gasteiger partial charge is 0.364 e. The molecule has 0 saturated carbocycles. The maximum atomic E-state index is 15.5. The monoisotopic (exact) mass is 605 g/mol. The van der Waals surface area contributed by atoms with Crippen LogP contribution in [0.2, 0.25) is 0 Å². The van der Waals surface area contributed by atoms with Crippen LogP contribution in [-0.2, 0) is 22.7 Å². The number of rotatable bonds is 6. The lowest BCUT2D eigenvalue weighted by Crippen LogP contribution is -2.32. The Morgan fingerprint density at radius 1 is 1.19 bits per heavy atom. The standard InChI is InChI=1S/C34H44FN5O2S/c1-5-24(4)25-10-8-22(2)17-28(13-11-25)38-31-15-12-26(33(35)40-31)18-27-20-36-30-14-9-23(3)19-37-34(32(27)30)39-29-7-6-16-43(41,42)21-29/h10-13,15,19-20,22,24,29,36H,5-9,14,16-18,21H2,1-4H3,(H,37,39). The van der Waals surface area contributed by atoms with Crippen molar-refractivity contribution in [2.45, 2.75) is 85.1 Å². The summed E-state index contributed by atoms with van der Waals surface area (Å²) in [6.45, 7) is 8.71. The van der Waals surface area contributed by atoms with Gasteiger partial charge in [-0.05, 0) is 87.0 Å². The fourth-order valence-electron chi connectivity index (χ4n) is 5.98. The summed E-state index contributed by atoms with van der Waals surface area (Å²) in [6.07, 6.45) is 16.6. The zero-order valence-corrected chi connectivity index (χ0v) is 26.6. The fraction of sp³-hybridized carbons (Fsp3) is 0.500. The molecule has 3 atom stereocenters. The van der Waals surface area contributed by atoms with E-state index in [0.29, 0.717) is 41.9 Å². The number of hydrogen-bond donors (Lipinski definition) is 2. The first kappa shape index (κ1) is 31.1. The van der Waals surface area contributed by atoms with Gasteiger partial charge in [0, 0.05) is 41.4 Å². The van der Waals surface area contributed by atoms with E-state index in [1.165, 1.54) is 11.1 Å². The molecule has 230 valence electrons. The predicted molar refractivity (Wildman–Crippen MR) is 173 cm³/mol. The second-order valence-corrected chi connectivity index (χ2v) is 14.7. The van der Waals surface area contributed by atoms with Crippen LogP contribution < -0.4 is 5.32 Å². The number of pyridine rings is 1. The highest BCUT2D eigenvalue weighted by Gasteiger charge is 2.27. The van der Waals surface area contributed by atoms with Gasteiger partial charge < -0.3 is 10.3 Å². The first-order chi connectivity index (χ1) is 20.6. The number of sulfone groups is 1. The van der Waals surface area contributed by atoms with Crippen LogP contribution in [0.5, 0.6) is 0 Å². The van der Waals surface area contributed by atoms with Crippen molar-refractivity contribution in [3.05, 3.63) is 82.2 Å². The minimum atomic E-state index is -3.10. The number of allylic oxidation sites excluding steroid dienone is 5. The first-order valence-electron chi connectivity index (χ1n) is 15.6. The molecule has 0 amide bonds. The van der Waals surface area contributed by atoms with Crippen molar-refractivity contribution < 1.29 is 12.8 Å². The molecular formula is C34H44FN5O2S. The highest BCUT2D eigenvalue weighted by Crippen LogP contribution is 2.27. The average Bonchev–Trinajstić information content (AvgIpc) is 3.34. The first-order valence-corrected chi connectivity index (χ1v) is 17.4. The maximum Gasteiger partial charge on any atom is 0.218 e. The number of amidine groups is 1. The number of aliphatic imine (C=N–C) groups is 2. The third-order valence-corrected chi connectivity index (χ3v) is 10.6. The van der Waals surface area contributed by atoms with Crippen molar-refractivity contribution in [1.82, 2.24) is 15.3 Å². The van der Waals surface area contributed by atoms with Gasteiger partial charge >= 0.3 is 0 Å². The summed E-state index contributed by atoms with van der Waals surface area (Å²) in [6, 6.07) is 3.26. The summed E-state index contributed by atoms with van der Waals surface area (Å²) in [7, 11) is -3.10. The predicted octanol–water partition coefficient (Wildman–Crippen LogP) is 6.93. The zero-order valence-electron chi connectivity index (χ0n) is 25.8. The summed E-state index contributed by atoms with van der Waals surface area (Å²) in [5.74, 6) is 1.68. The Morgan fingerprint density at radius 3 is 2.79 bits per heavy atom.